The number of amidine groups is 1. The van der Waals surface area contributed by atoms with E-state index in [9.17, 15) is 9.59 Å². The number of rotatable bonds is 5. The molecule has 6 nitrogen and oxygen atoms in total. The van der Waals surface area contributed by atoms with E-state index in [0.717, 1.165) is 33.7 Å². The van der Waals surface area contributed by atoms with Gasteiger partial charge in [-0.05, 0) is 55.2 Å². The van der Waals surface area contributed by atoms with Gasteiger partial charge in [-0.3, -0.25) is 9.59 Å². The Balaban J connectivity index is 1.34. The van der Waals surface area contributed by atoms with Gasteiger partial charge < -0.3 is 5.32 Å². The van der Waals surface area contributed by atoms with Gasteiger partial charge in [-0.25, -0.2) is 5.01 Å². The van der Waals surface area contributed by atoms with Crippen LogP contribution in [0.5, 0.6) is 0 Å². The number of carbonyl (C=O) groups is 2. The fraction of sp³-hybridized carbons (Fsp3) is 0.241. The highest BCUT2D eigenvalue weighted by atomic mass is 32.2. The Morgan fingerprint density at radius 1 is 0.972 bits per heavy atom. The second-order valence-corrected chi connectivity index (χ2v) is 10.5. The summed E-state index contributed by atoms with van der Waals surface area (Å²) in [7, 11) is 0. The van der Waals surface area contributed by atoms with Gasteiger partial charge in [-0.1, -0.05) is 78.0 Å². The lowest BCUT2D eigenvalue weighted by Gasteiger charge is -2.23. The number of hydrogen-bond acceptors (Lipinski definition) is 5. The molecule has 0 aromatic heterocycles. The first-order valence-corrected chi connectivity index (χ1v) is 12.9. The molecular formula is C29H28N4O2S. The number of amides is 2. The molecule has 5 rings (SSSR count). The molecule has 0 fully saturated rings. The van der Waals surface area contributed by atoms with E-state index < -0.39 is 5.25 Å². The smallest absolute Gasteiger partial charge is 0.262 e. The van der Waals surface area contributed by atoms with Crippen LogP contribution in [0.25, 0.3) is 0 Å². The van der Waals surface area contributed by atoms with Gasteiger partial charge in [0, 0.05) is 18.5 Å². The first-order valence-electron chi connectivity index (χ1n) is 12.0. The molecule has 0 saturated heterocycles. The lowest BCUT2D eigenvalue weighted by Crippen LogP contribution is -2.25. The van der Waals surface area contributed by atoms with Crippen molar-refractivity contribution in [3.8, 4) is 0 Å². The van der Waals surface area contributed by atoms with Crippen molar-refractivity contribution in [2.45, 2.75) is 44.9 Å². The van der Waals surface area contributed by atoms with E-state index in [-0.39, 0.29) is 24.3 Å². The van der Waals surface area contributed by atoms with Gasteiger partial charge in [0.15, 0.2) is 5.17 Å². The Labute approximate surface area is 215 Å². The number of thioether (sulfide) groups is 1. The predicted molar refractivity (Wildman–Crippen MR) is 146 cm³/mol. The zero-order valence-corrected chi connectivity index (χ0v) is 21.4. The van der Waals surface area contributed by atoms with Gasteiger partial charge in [0.05, 0.1) is 11.8 Å². The van der Waals surface area contributed by atoms with Crippen LogP contribution in [0.4, 0.5) is 5.69 Å². The largest absolute Gasteiger partial charge is 0.326 e. The topological polar surface area (TPSA) is 74.1 Å². The van der Waals surface area contributed by atoms with Crippen LogP contribution in [0.1, 0.15) is 46.7 Å². The Bertz CT molecular complexity index is 1350. The van der Waals surface area contributed by atoms with E-state index in [0.29, 0.717) is 11.6 Å². The summed E-state index contributed by atoms with van der Waals surface area (Å²) in [6.45, 7) is 6.04. The third-order valence-corrected chi connectivity index (χ3v) is 7.42. The van der Waals surface area contributed by atoms with Crippen molar-refractivity contribution in [2.24, 2.45) is 10.1 Å². The Morgan fingerprint density at radius 3 is 2.36 bits per heavy atom. The lowest BCUT2D eigenvalue weighted by atomic mass is 9.98. The molecular weight excluding hydrogens is 468 g/mol. The maximum absolute atomic E-state index is 12.8. The molecule has 0 unspecified atom stereocenters. The number of benzene rings is 3. The maximum atomic E-state index is 12.8. The number of nitrogens with one attached hydrogen (secondary N) is 1. The quantitative estimate of drug-likeness (QED) is 0.485. The maximum Gasteiger partial charge on any atom is 0.262 e. The second-order valence-electron chi connectivity index (χ2n) is 9.36. The van der Waals surface area contributed by atoms with Crippen LogP contribution in [0.2, 0.25) is 0 Å². The Kier molecular flexibility index (Phi) is 6.74. The standard InChI is InChI=1S/C29H28N4O2S/c1-18-9-11-21(12-10-18)24-16-25(22-7-5-4-6-8-22)33(32-24)29-31-28(35)26(36-29)17-27(34)30-23-14-19(2)13-20(3)15-23/h4-15,25-26H,16-17H2,1-3H3,(H,30,34)/t25-,26+/m0/s1. The lowest BCUT2D eigenvalue weighted by molar-refractivity contribution is -0.121. The van der Waals surface area contributed by atoms with Crippen molar-refractivity contribution in [1.29, 1.82) is 0 Å². The second kappa shape index (κ2) is 10.1. The van der Waals surface area contributed by atoms with Crippen LogP contribution >= 0.6 is 11.8 Å². The molecule has 0 bridgehead atoms. The normalized spacial score (nSPS) is 19.3. The molecule has 2 atom stereocenters. The van der Waals surface area contributed by atoms with Gasteiger partial charge in [0.1, 0.15) is 5.25 Å². The fourth-order valence-electron chi connectivity index (χ4n) is 4.57. The molecule has 0 spiro atoms. The average Bonchev–Trinajstić information content (AvgIpc) is 3.43. The van der Waals surface area contributed by atoms with Crippen LogP contribution in [-0.2, 0) is 9.59 Å². The highest BCUT2D eigenvalue weighted by molar-refractivity contribution is 8.15. The molecule has 0 radical (unpaired) electrons. The summed E-state index contributed by atoms with van der Waals surface area (Å²) in [6.07, 6.45) is 0.764. The number of carbonyl (C=O) groups excluding carboxylic acids is 2. The molecule has 3 aromatic carbocycles. The molecule has 0 saturated carbocycles. The summed E-state index contributed by atoms with van der Waals surface area (Å²) in [5.41, 5.74) is 7.20. The summed E-state index contributed by atoms with van der Waals surface area (Å²) in [5, 5.41) is 9.66. The van der Waals surface area contributed by atoms with Crippen LogP contribution in [0, 0.1) is 20.8 Å². The number of anilines is 1. The third kappa shape index (κ3) is 5.26. The zero-order valence-electron chi connectivity index (χ0n) is 20.6. The molecule has 2 aliphatic heterocycles. The van der Waals surface area contributed by atoms with Gasteiger partial charge >= 0.3 is 0 Å². The molecule has 36 heavy (non-hydrogen) atoms. The molecule has 2 heterocycles. The van der Waals surface area contributed by atoms with E-state index in [1.54, 1.807) is 0 Å². The highest BCUT2D eigenvalue weighted by Crippen LogP contribution is 2.38. The van der Waals surface area contributed by atoms with E-state index in [1.807, 2.05) is 49.2 Å². The third-order valence-electron chi connectivity index (χ3n) is 6.28. The van der Waals surface area contributed by atoms with Crippen LogP contribution in [0.3, 0.4) is 0 Å². The number of hydrazone groups is 1. The predicted octanol–water partition coefficient (Wildman–Crippen LogP) is 5.79. The SMILES string of the molecule is Cc1ccc(C2=NN(C3=NC(=O)[C@@H](CC(=O)Nc4cc(C)cc(C)c4)S3)[C@H](c3ccccc3)C2)cc1. The van der Waals surface area contributed by atoms with Crippen molar-refractivity contribution < 1.29 is 9.59 Å². The molecule has 2 amide bonds. The van der Waals surface area contributed by atoms with Gasteiger partial charge in [-0.15, -0.1) is 0 Å². The Hall–Kier alpha value is -3.71. The number of nitrogens with zero attached hydrogens (tertiary/aromatic N) is 3. The molecule has 2 aliphatic rings. The van der Waals surface area contributed by atoms with Gasteiger partial charge in [0.2, 0.25) is 5.91 Å². The van der Waals surface area contributed by atoms with Crippen LogP contribution in [-0.4, -0.2) is 33.0 Å². The van der Waals surface area contributed by atoms with E-state index >= 15 is 0 Å². The van der Waals surface area contributed by atoms with E-state index in [1.165, 1.54) is 17.3 Å². The summed E-state index contributed by atoms with van der Waals surface area (Å²) in [5.74, 6) is -0.497. The van der Waals surface area contributed by atoms with Gasteiger partial charge in [0.25, 0.3) is 5.91 Å². The van der Waals surface area contributed by atoms with Crippen molar-refractivity contribution in [3.63, 3.8) is 0 Å². The molecule has 7 heteroatoms. The molecule has 3 aromatic rings. The molecule has 0 aliphatic carbocycles. The van der Waals surface area contributed by atoms with Crippen LogP contribution < -0.4 is 5.32 Å². The number of aryl methyl sites for hydroxylation is 3. The summed E-state index contributed by atoms with van der Waals surface area (Å²) in [4.78, 5) is 29.9. The summed E-state index contributed by atoms with van der Waals surface area (Å²) < 4.78 is 0. The Morgan fingerprint density at radius 2 is 1.67 bits per heavy atom. The highest BCUT2D eigenvalue weighted by Gasteiger charge is 2.39. The average molecular weight is 497 g/mol. The van der Waals surface area contributed by atoms with Gasteiger partial charge in [-0.2, -0.15) is 10.1 Å². The minimum absolute atomic E-state index is 0.0574. The molecule has 1 N–H and O–H groups in total. The zero-order chi connectivity index (χ0) is 25.2. The summed E-state index contributed by atoms with van der Waals surface area (Å²) in [6, 6.07) is 24.3. The first-order chi connectivity index (χ1) is 17.4. The minimum Gasteiger partial charge on any atom is -0.326 e. The first kappa shape index (κ1) is 24.0. The van der Waals surface area contributed by atoms with Crippen molar-refractivity contribution in [1.82, 2.24) is 5.01 Å². The van der Waals surface area contributed by atoms with E-state index in [4.69, 9.17) is 5.10 Å². The van der Waals surface area contributed by atoms with Crippen molar-refractivity contribution in [3.05, 3.63) is 101 Å². The minimum atomic E-state index is -0.569. The number of hydrogen-bond donors (Lipinski definition) is 1. The summed E-state index contributed by atoms with van der Waals surface area (Å²) >= 11 is 1.32. The van der Waals surface area contributed by atoms with Crippen molar-refractivity contribution in [2.75, 3.05) is 5.32 Å². The van der Waals surface area contributed by atoms with Crippen LogP contribution in [0.15, 0.2) is 82.9 Å². The molecule has 182 valence electrons. The van der Waals surface area contributed by atoms with Crippen molar-refractivity contribution >= 4 is 40.1 Å². The fourth-order valence-corrected chi connectivity index (χ4v) is 5.64. The number of aliphatic imine (C=N–C) groups is 1. The monoisotopic (exact) mass is 496 g/mol. The van der Waals surface area contributed by atoms with E-state index in [2.05, 4.69) is 59.7 Å².